The first-order valence-corrected chi connectivity index (χ1v) is 13.2. The highest BCUT2D eigenvalue weighted by Crippen LogP contribution is 2.45. The Kier molecular flexibility index (Phi) is 8.50. The predicted octanol–water partition coefficient (Wildman–Crippen LogP) is 8.18. The molecule has 9 heteroatoms. The maximum Gasteiger partial charge on any atom is 0.416 e. The number of carbonyl (C=O) groups is 1. The Labute approximate surface area is 224 Å². The van der Waals surface area contributed by atoms with Crippen molar-refractivity contribution in [3.8, 4) is 0 Å². The second-order valence-electron chi connectivity index (χ2n) is 10.8. The van der Waals surface area contributed by atoms with Crippen molar-refractivity contribution < 1.29 is 35.9 Å². The van der Waals surface area contributed by atoms with E-state index in [1.165, 1.54) is 6.92 Å². The molecule has 3 nitrogen and oxygen atoms in total. The smallest absolute Gasteiger partial charge is 0.377 e. The van der Waals surface area contributed by atoms with E-state index >= 15 is 0 Å². The van der Waals surface area contributed by atoms with Crippen LogP contribution >= 0.6 is 0 Å². The fourth-order valence-electron chi connectivity index (χ4n) is 5.96. The third-order valence-electron chi connectivity index (χ3n) is 8.13. The molecule has 2 aliphatic rings. The number of nitrogens with zero attached hydrogens (tertiary/aromatic N) is 1. The molecule has 5 atom stereocenters. The lowest BCUT2D eigenvalue weighted by atomic mass is 9.68. The SMILES string of the molecule is C[C@@H]1C(CN(C)C2=CC(=O)CC2)CC[C@H](O[C@H](C)c2cc(C(F)(F)F)cc(C(F)(F)F)c2)[C@H]1c1ccccc1. The van der Waals surface area contributed by atoms with Crippen LogP contribution in [0.1, 0.15) is 73.8 Å². The molecule has 0 bridgehead atoms. The number of alkyl halides is 6. The lowest BCUT2D eigenvalue weighted by molar-refractivity contribution is -0.143. The summed E-state index contributed by atoms with van der Waals surface area (Å²) in [4.78, 5) is 13.8. The molecule has 1 unspecified atom stereocenters. The van der Waals surface area contributed by atoms with Gasteiger partial charge in [0.2, 0.25) is 0 Å². The van der Waals surface area contributed by atoms with Gasteiger partial charge in [-0.05, 0) is 67.3 Å². The maximum atomic E-state index is 13.4. The summed E-state index contributed by atoms with van der Waals surface area (Å²) >= 11 is 0. The van der Waals surface area contributed by atoms with Crippen molar-refractivity contribution in [1.29, 1.82) is 0 Å². The molecule has 0 N–H and O–H groups in total. The molecular formula is C30H33F6NO2. The van der Waals surface area contributed by atoms with E-state index in [-0.39, 0.29) is 35.2 Å². The van der Waals surface area contributed by atoms with Gasteiger partial charge in [-0.2, -0.15) is 26.3 Å². The van der Waals surface area contributed by atoms with Gasteiger partial charge in [0.1, 0.15) is 0 Å². The van der Waals surface area contributed by atoms with Gasteiger partial charge < -0.3 is 9.64 Å². The van der Waals surface area contributed by atoms with Crippen LogP contribution in [0.5, 0.6) is 0 Å². The van der Waals surface area contributed by atoms with Crippen LogP contribution in [0.25, 0.3) is 0 Å². The minimum absolute atomic E-state index is 0.104. The van der Waals surface area contributed by atoms with E-state index in [1.54, 1.807) is 6.08 Å². The van der Waals surface area contributed by atoms with Crippen molar-refractivity contribution in [2.24, 2.45) is 11.8 Å². The van der Waals surface area contributed by atoms with Gasteiger partial charge in [0.25, 0.3) is 0 Å². The molecule has 1 saturated carbocycles. The van der Waals surface area contributed by atoms with E-state index in [1.807, 2.05) is 37.4 Å². The first-order chi connectivity index (χ1) is 18.2. The van der Waals surface area contributed by atoms with E-state index in [4.69, 9.17) is 4.74 Å². The molecule has 0 amide bonds. The van der Waals surface area contributed by atoms with Crippen LogP contribution in [0.3, 0.4) is 0 Å². The lowest BCUT2D eigenvalue weighted by Gasteiger charge is -2.44. The number of hydrogen-bond donors (Lipinski definition) is 0. The second kappa shape index (κ2) is 11.4. The fourth-order valence-corrected chi connectivity index (χ4v) is 5.96. The standard InChI is InChI=1S/C30H33F6NO2/c1-18-21(17-37(3)25-10-11-26(38)16-25)9-12-27(28(18)20-7-5-4-6-8-20)39-19(2)22-13-23(29(31,32)33)15-24(14-22)30(34,35)36/h4-8,13-16,18-19,21,27-28H,9-12,17H2,1-3H3/t18-,19-,21?,27+,28-/m1/s1. The first kappa shape index (κ1) is 29.2. The van der Waals surface area contributed by atoms with Gasteiger partial charge in [0, 0.05) is 37.7 Å². The fraction of sp³-hybridized carbons (Fsp3) is 0.500. The molecule has 212 valence electrons. The van der Waals surface area contributed by atoms with E-state index in [0.717, 1.165) is 42.8 Å². The number of halogens is 6. The Morgan fingerprint density at radius 2 is 1.56 bits per heavy atom. The third-order valence-corrected chi connectivity index (χ3v) is 8.13. The van der Waals surface area contributed by atoms with Crippen molar-refractivity contribution in [3.63, 3.8) is 0 Å². The summed E-state index contributed by atoms with van der Waals surface area (Å²) in [5.74, 6) is 0.400. The highest BCUT2D eigenvalue weighted by Gasteiger charge is 2.41. The number of allylic oxidation sites excluding steroid dienone is 2. The Morgan fingerprint density at radius 3 is 2.10 bits per heavy atom. The van der Waals surface area contributed by atoms with Crippen LogP contribution < -0.4 is 0 Å². The molecule has 0 saturated heterocycles. The van der Waals surface area contributed by atoms with Crippen molar-refractivity contribution in [2.45, 2.75) is 70.0 Å². The molecule has 2 aromatic carbocycles. The Balaban J connectivity index is 1.59. The largest absolute Gasteiger partial charge is 0.416 e. The number of ketones is 1. The number of carbonyl (C=O) groups excluding carboxylic acids is 1. The zero-order valence-corrected chi connectivity index (χ0v) is 22.1. The third kappa shape index (κ3) is 6.86. The van der Waals surface area contributed by atoms with Gasteiger partial charge in [-0.3, -0.25) is 4.79 Å². The van der Waals surface area contributed by atoms with Crippen LogP contribution in [-0.2, 0) is 21.9 Å². The average molecular weight is 554 g/mol. The minimum atomic E-state index is -4.92. The van der Waals surface area contributed by atoms with Gasteiger partial charge in [0.15, 0.2) is 5.78 Å². The van der Waals surface area contributed by atoms with Crippen molar-refractivity contribution in [3.05, 3.63) is 82.6 Å². The Morgan fingerprint density at radius 1 is 0.949 bits per heavy atom. The molecule has 2 aromatic rings. The van der Waals surface area contributed by atoms with Crippen molar-refractivity contribution >= 4 is 5.78 Å². The molecule has 0 spiro atoms. The molecular weight excluding hydrogens is 520 g/mol. The quantitative estimate of drug-likeness (QED) is 0.324. The number of rotatable bonds is 7. The van der Waals surface area contributed by atoms with Crippen LogP contribution in [0, 0.1) is 11.8 Å². The topological polar surface area (TPSA) is 29.5 Å². The highest BCUT2D eigenvalue weighted by atomic mass is 19.4. The van der Waals surface area contributed by atoms with Gasteiger partial charge >= 0.3 is 12.4 Å². The normalized spacial score (nSPS) is 24.9. The predicted molar refractivity (Wildman–Crippen MR) is 136 cm³/mol. The summed E-state index contributed by atoms with van der Waals surface area (Å²) in [5.41, 5.74) is -0.814. The maximum absolute atomic E-state index is 13.4. The van der Waals surface area contributed by atoms with Gasteiger partial charge in [-0.15, -0.1) is 0 Å². The van der Waals surface area contributed by atoms with E-state index < -0.39 is 35.7 Å². The summed E-state index contributed by atoms with van der Waals surface area (Å²) in [5, 5.41) is 0. The monoisotopic (exact) mass is 553 g/mol. The molecule has 1 fully saturated rings. The van der Waals surface area contributed by atoms with Crippen LogP contribution in [0.2, 0.25) is 0 Å². The summed E-state index contributed by atoms with van der Waals surface area (Å²) in [6.07, 6.45) is -6.88. The molecule has 4 rings (SSSR count). The summed E-state index contributed by atoms with van der Waals surface area (Å²) in [6.45, 7) is 4.37. The molecule has 0 aromatic heterocycles. The molecule has 39 heavy (non-hydrogen) atoms. The van der Waals surface area contributed by atoms with Gasteiger partial charge in [0.05, 0.1) is 23.3 Å². The molecule has 0 heterocycles. The number of ether oxygens (including phenoxy) is 1. The van der Waals surface area contributed by atoms with Gasteiger partial charge in [-0.1, -0.05) is 37.3 Å². The molecule has 0 radical (unpaired) electrons. The minimum Gasteiger partial charge on any atom is -0.377 e. The number of benzene rings is 2. The second-order valence-corrected chi connectivity index (χ2v) is 10.8. The Bertz CT molecular complexity index is 1160. The highest BCUT2D eigenvalue weighted by molar-refractivity contribution is 5.92. The average Bonchev–Trinajstić information content (AvgIpc) is 3.31. The van der Waals surface area contributed by atoms with Crippen LogP contribution in [-0.4, -0.2) is 30.4 Å². The van der Waals surface area contributed by atoms with Crippen LogP contribution in [0.15, 0.2) is 60.3 Å². The van der Waals surface area contributed by atoms with E-state index in [2.05, 4.69) is 11.8 Å². The lowest BCUT2D eigenvalue weighted by Crippen LogP contribution is -2.41. The number of hydrogen-bond acceptors (Lipinski definition) is 3. The van der Waals surface area contributed by atoms with E-state index in [0.29, 0.717) is 12.8 Å². The zero-order valence-electron chi connectivity index (χ0n) is 22.1. The zero-order chi connectivity index (χ0) is 28.5. The summed E-state index contributed by atoms with van der Waals surface area (Å²) in [6, 6.07) is 11.3. The molecule has 0 aliphatic heterocycles. The molecule has 2 aliphatic carbocycles. The summed E-state index contributed by atoms with van der Waals surface area (Å²) in [7, 11) is 1.98. The first-order valence-electron chi connectivity index (χ1n) is 13.2. The summed E-state index contributed by atoms with van der Waals surface area (Å²) < 4.78 is 86.9. The Hall–Kier alpha value is -2.81. The van der Waals surface area contributed by atoms with Crippen molar-refractivity contribution in [1.82, 2.24) is 4.90 Å². The van der Waals surface area contributed by atoms with E-state index in [9.17, 15) is 31.1 Å². The van der Waals surface area contributed by atoms with Crippen molar-refractivity contribution in [2.75, 3.05) is 13.6 Å². The van der Waals surface area contributed by atoms with Crippen LogP contribution in [0.4, 0.5) is 26.3 Å². The van der Waals surface area contributed by atoms with Gasteiger partial charge in [-0.25, -0.2) is 0 Å².